The first-order valence-corrected chi connectivity index (χ1v) is 6.93. The van der Waals surface area contributed by atoms with E-state index in [1.54, 1.807) is 17.8 Å². The Morgan fingerprint density at radius 3 is 2.61 bits per heavy atom. The molecule has 2 nitrogen and oxygen atoms in total. The minimum absolute atomic E-state index is 0.154. The summed E-state index contributed by atoms with van der Waals surface area (Å²) in [5.74, 6) is 0.625. The molecule has 0 saturated carbocycles. The molecule has 0 atom stereocenters. The maximum absolute atomic E-state index is 11.0. The molecule has 0 radical (unpaired) electrons. The summed E-state index contributed by atoms with van der Waals surface area (Å²) in [7, 11) is 0. The lowest BCUT2D eigenvalue weighted by atomic mass is 10.2. The van der Waals surface area contributed by atoms with Gasteiger partial charge >= 0.3 is 0 Å². The zero-order chi connectivity index (χ0) is 13.0. The average molecular weight is 298 g/mol. The second-order valence-electron chi connectivity index (χ2n) is 3.53. The maximum atomic E-state index is 11.0. The van der Waals surface area contributed by atoms with Crippen molar-refractivity contribution >= 4 is 41.2 Å². The third-order valence-electron chi connectivity index (χ3n) is 2.32. The normalized spacial score (nSPS) is 10.3. The fourth-order valence-corrected chi connectivity index (χ4v) is 2.89. The summed E-state index contributed by atoms with van der Waals surface area (Å²) >= 11 is 13.3. The van der Waals surface area contributed by atoms with Crippen LogP contribution in [0.25, 0.3) is 0 Å². The van der Waals surface area contributed by atoms with E-state index in [1.807, 2.05) is 30.3 Å². The third kappa shape index (κ3) is 3.25. The molecule has 0 unspecified atom stereocenters. The SMILES string of the molecule is O=Cc1c(CSc2ccccc2)cc(Cl)nc1Cl. The van der Waals surface area contributed by atoms with Crippen LogP contribution < -0.4 is 0 Å². The highest BCUT2D eigenvalue weighted by Crippen LogP contribution is 2.27. The van der Waals surface area contributed by atoms with Crippen LogP contribution in [0.1, 0.15) is 15.9 Å². The Kier molecular flexibility index (Phi) is 4.64. The highest BCUT2D eigenvalue weighted by molar-refractivity contribution is 7.98. The van der Waals surface area contributed by atoms with E-state index in [4.69, 9.17) is 23.2 Å². The van der Waals surface area contributed by atoms with E-state index in [-0.39, 0.29) is 5.15 Å². The van der Waals surface area contributed by atoms with Crippen molar-refractivity contribution in [2.24, 2.45) is 0 Å². The lowest BCUT2D eigenvalue weighted by molar-refractivity contribution is 0.112. The summed E-state index contributed by atoms with van der Waals surface area (Å²) in [6.07, 6.45) is 0.715. The van der Waals surface area contributed by atoms with Gasteiger partial charge < -0.3 is 0 Å². The van der Waals surface area contributed by atoms with Crippen LogP contribution in [0.5, 0.6) is 0 Å². The van der Waals surface area contributed by atoms with Crippen molar-refractivity contribution in [2.75, 3.05) is 0 Å². The molecule has 0 aliphatic carbocycles. The van der Waals surface area contributed by atoms with Crippen LogP contribution in [-0.4, -0.2) is 11.3 Å². The number of nitrogens with zero attached hydrogens (tertiary/aromatic N) is 1. The highest BCUT2D eigenvalue weighted by atomic mass is 35.5. The molecule has 2 rings (SSSR count). The lowest BCUT2D eigenvalue weighted by Gasteiger charge is -2.06. The first-order valence-electron chi connectivity index (χ1n) is 5.18. The van der Waals surface area contributed by atoms with E-state index in [0.717, 1.165) is 10.5 Å². The number of hydrogen-bond acceptors (Lipinski definition) is 3. The van der Waals surface area contributed by atoms with Crippen molar-refractivity contribution in [2.45, 2.75) is 10.6 Å². The Labute approximate surface area is 119 Å². The van der Waals surface area contributed by atoms with Crippen molar-refractivity contribution < 1.29 is 4.79 Å². The van der Waals surface area contributed by atoms with Crippen molar-refractivity contribution in [3.05, 3.63) is 57.8 Å². The molecule has 0 saturated heterocycles. The number of thioether (sulfide) groups is 1. The van der Waals surface area contributed by atoms with Gasteiger partial charge in [-0.25, -0.2) is 4.98 Å². The van der Waals surface area contributed by atoms with Gasteiger partial charge in [0.2, 0.25) is 0 Å². The van der Waals surface area contributed by atoms with Gasteiger partial charge in [0.05, 0.1) is 5.56 Å². The number of carbonyl (C=O) groups excluding carboxylic acids is 1. The van der Waals surface area contributed by atoms with E-state index in [0.29, 0.717) is 22.8 Å². The molecule has 2 aromatic rings. The van der Waals surface area contributed by atoms with E-state index >= 15 is 0 Å². The van der Waals surface area contributed by atoms with Crippen molar-refractivity contribution in [1.29, 1.82) is 0 Å². The average Bonchev–Trinajstić information content (AvgIpc) is 2.37. The number of rotatable bonds is 4. The molecule has 1 heterocycles. The summed E-state index contributed by atoms with van der Waals surface area (Å²) in [5, 5.41) is 0.454. The molecule has 0 amide bonds. The predicted octanol–water partition coefficient (Wildman–Crippen LogP) is 4.49. The molecule has 18 heavy (non-hydrogen) atoms. The Morgan fingerprint density at radius 2 is 1.94 bits per heavy atom. The van der Waals surface area contributed by atoms with Gasteiger partial charge in [-0.05, 0) is 23.8 Å². The molecule has 0 bridgehead atoms. The molecule has 1 aromatic carbocycles. The maximum Gasteiger partial charge on any atom is 0.153 e. The molecule has 0 fully saturated rings. The molecule has 0 N–H and O–H groups in total. The number of halogens is 2. The summed E-state index contributed by atoms with van der Waals surface area (Å²) in [4.78, 5) is 16.0. The Balaban J connectivity index is 2.21. The van der Waals surface area contributed by atoms with Crippen molar-refractivity contribution in [3.63, 3.8) is 0 Å². The van der Waals surface area contributed by atoms with Crippen LogP contribution >= 0.6 is 35.0 Å². The summed E-state index contributed by atoms with van der Waals surface area (Å²) in [6.45, 7) is 0. The summed E-state index contributed by atoms with van der Waals surface area (Å²) in [6, 6.07) is 11.6. The van der Waals surface area contributed by atoms with Crippen LogP contribution in [0.3, 0.4) is 0 Å². The lowest BCUT2D eigenvalue weighted by Crippen LogP contribution is -1.95. The minimum atomic E-state index is 0.154. The van der Waals surface area contributed by atoms with E-state index in [2.05, 4.69) is 4.98 Å². The molecular weight excluding hydrogens is 289 g/mol. The second-order valence-corrected chi connectivity index (χ2v) is 5.32. The molecule has 5 heteroatoms. The van der Waals surface area contributed by atoms with Gasteiger partial charge in [-0.3, -0.25) is 4.79 Å². The summed E-state index contributed by atoms with van der Waals surface area (Å²) in [5.41, 5.74) is 1.20. The topological polar surface area (TPSA) is 30.0 Å². The Morgan fingerprint density at radius 1 is 1.22 bits per heavy atom. The second kappa shape index (κ2) is 6.23. The minimum Gasteiger partial charge on any atom is -0.298 e. The van der Waals surface area contributed by atoms with E-state index in [1.165, 1.54) is 0 Å². The zero-order valence-electron chi connectivity index (χ0n) is 9.27. The van der Waals surface area contributed by atoms with Gasteiger partial charge in [-0.1, -0.05) is 41.4 Å². The molecule has 1 aromatic heterocycles. The number of carbonyl (C=O) groups is 1. The first kappa shape index (κ1) is 13.4. The smallest absolute Gasteiger partial charge is 0.153 e. The van der Waals surface area contributed by atoms with Crippen LogP contribution in [0.2, 0.25) is 10.3 Å². The van der Waals surface area contributed by atoms with Gasteiger partial charge in [0.25, 0.3) is 0 Å². The van der Waals surface area contributed by atoms with Crippen LogP contribution in [0.4, 0.5) is 0 Å². The number of aldehydes is 1. The Bertz CT molecular complexity index is 560. The van der Waals surface area contributed by atoms with Crippen LogP contribution in [0, 0.1) is 0 Å². The fraction of sp³-hybridized carbons (Fsp3) is 0.0769. The van der Waals surface area contributed by atoms with Crippen molar-refractivity contribution in [1.82, 2.24) is 4.98 Å². The fourth-order valence-electron chi connectivity index (χ4n) is 1.46. The largest absolute Gasteiger partial charge is 0.298 e. The van der Waals surface area contributed by atoms with Crippen molar-refractivity contribution in [3.8, 4) is 0 Å². The third-order valence-corrected chi connectivity index (χ3v) is 3.86. The molecule has 0 aliphatic heterocycles. The van der Waals surface area contributed by atoms with Gasteiger partial charge in [-0.15, -0.1) is 11.8 Å². The van der Waals surface area contributed by atoms with Gasteiger partial charge in [0.1, 0.15) is 10.3 Å². The summed E-state index contributed by atoms with van der Waals surface area (Å²) < 4.78 is 0. The molecular formula is C13H9Cl2NOS. The van der Waals surface area contributed by atoms with Gasteiger partial charge in [-0.2, -0.15) is 0 Å². The monoisotopic (exact) mass is 297 g/mol. The van der Waals surface area contributed by atoms with E-state index in [9.17, 15) is 4.79 Å². The number of aromatic nitrogens is 1. The highest BCUT2D eigenvalue weighted by Gasteiger charge is 2.10. The van der Waals surface area contributed by atoms with Gasteiger partial charge in [0, 0.05) is 10.6 Å². The number of pyridine rings is 1. The number of benzene rings is 1. The Hall–Kier alpha value is -1.03. The van der Waals surface area contributed by atoms with Crippen LogP contribution in [-0.2, 0) is 5.75 Å². The first-order chi connectivity index (χ1) is 8.70. The quantitative estimate of drug-likeness (QED) is 0.473. The predicted molar refractivity (Wildman–Crippen MR) is 75.6 cm³/mol. The molecule has 0 aliphatic rings. The number of hydrogen-bond donors (Lipinski definition) is 0. The molecule has 0 spiro atoms. The standard InChI is InChI=1S/C13H9Cl2NOS/c14-12-6-9(11(7-17)13(15)16-12)8-18-10-4-2-1-3-5-10/h1-7H,8H2. The van der Waals surface area contributed by atoms with Gasteiger partial charge in [0.15, 0.2) is 6.29 Å². The zero-order valence-corrected chi connectivity index (χ0v) is 11.6. The van der Waals surface area contributed by atoms with E-state index < -0.39 is 0 Å². The molecule has 92 valence electrons. The van der Waals surface area contributed by atoms with Crippen LogP contribution in [0.15, 0.2) is 41.3 Å².